The van der Waals surface area contributed by atoms with Crippen LogP contribution in [-0.4, -0.2) is 49.2 Å². The molecule has 0 bridgehead atoms. The Balaban J connectivity index is 1.58. The highest BCUT2D eigenvalue weighted by atomic mass is 19.1. The summed E-state index contributed by atoms with van der Waals surface area (Å²) in [7, 11) is 2.94. The molecule has 10 heteroatoms. The van der Waals surface area contributed by atoms with Gasteiger partial charge in [-0.15, -0.1) is 0 Å². The van der Waals surface area contributed by atoms with Crippen LogP contribution in [0.1, 0.15) is 33.1 Å². The van der Waals surface area contributed by atoms with Crippen LogP contribution in [0.3, 0.4) is 0 Å². The van der Waals surface area contributed by atoms with Gasteiger partial charge >= 0.3 is 0 Å². The Labute approximate surface area is 253 Å². The molecular weight excluding hydrogens is 565 g/mol. The van der Waals surface area contributed by atoms with Crippen molar-refractivity contribution < 1.29 is 33.0 Å². The SMILES string of the molecule is COc1ccc(NC(=O)C(c2cccc(F)c2)N(Cc2ccccc2C)C(=O)CN2C(=O)C(=O)c3ccccc32)c(OC)c1. The molecular formula is C34H30FN3O6. The zero-order chi connectivity index (χ0) is 31.4. The van der Waals surface area contributed by atoms with Gasteiger partial charge < -0.3 is 19.7 Å². The van der Waals surface area contributed by atoms with E-state index in [4.69, 9.17) is 9.47 Å². The van der Waals surface area contributed by atoms with Crippen molar-refractivity contribution in [1.82, 2.24) is 4.90 Å². The number of hydrogen-bond acceptors (Lipinski definition) is 6. The van der Waals surface area contributed by atoms with E-state index < -0.39 is 41.9 Å². The van der Waals surface area contributed by atoms with Gasteiger partial charge in [-0.3, -0.25) is 24.1 Å². The van der Waals surface area contributed by atoms with Gasteiger partial charge in [0.05, 0.1) is 31.2 Å². The lowest BCUT2D eigenvalue weighted by molar-refractivity contribution is -0.139. The molecule has 4 aromatic rings. The topological polar surface area (TPSA) is 105 Å². The van der Waals surface area contributed by atoms with Crippen molar-refractivity contribution in [3.05, 3.63) is 119 Å². The van der Waals surface area contributed by atoms with Crippen LogP contribution in [0.4, 0.5) is 15.8 Å². The number of nitrogens with zero attached hydrogens (tertiary/aromatic N) is 2. The van der Waals surface area contributed by atoms with Crippen molar-refractivity contribution in [2.24, 2.45) is 0 Å². The van der Waals surface area contributed by atoms with Crippen LogP contribution < -0.4 is 19.7 Å². The molecule has 224 valence electrons. The number of carbonyl (C=O) groups excluding carboxylic acids is 4. The standard InChI is InChI=1S/C34H30FN3O6/c1-21-9-4-5-10-23(21)19-38(30(39)20-37-28-14-7-6-13-26(28)32(40)34(37)42)31(22-11-8-12-24(35)17-22)33(41)36-27-16-15-25(43-2)18-29(27)44-3/h4-18,31H,19-20H2,1-3H3,(H,36,41). The number of Topliss-reactive ketones (excluding diaryl/α,β-unsaturated/α-hetero) is 1. The molecule has 44 heavy (non-hydrogen) atoms. The lowest BCUT2D eigenvalue weighted by Gasteiger charge is -2.33. The quantitative estimate of drug-likeness (QED) is 0.256. The van der Waals surface area contributed by atoms with Crippen molar-refractivity contribution in [2.45, 2.75) is 19.5 Å². The smallest absolute Gasteiger partial charge is 0.299 e. The Hall–Kier alpha value is -5.51. The summed E-state index contributed by atoms with van der Waals surface area (Å²) < 4.78 is 25.3. The number of nitrogens with one attached hydrogen (secondary N) is 1. The first-order chi connectivity index (χ1) is 21.2. The number of hydrogen-bond donors (Lipinski definition) is 1. The van der Waals surface area contributed by atoms with E-state index in [1.165, 1.54) is 43.4 Å². The molecule has 1 aliphatic heterocycles. The zero-order valence-corrected chi connectivity index (χ0v) is 24.4. The van der Waals surface area contributed by atoms with E-state index in [9.17, 15) is 23.6 Å². The van der Waals surface area contributed by atoms with Crippen LogP contribution in [0.15, 0.2) is 91.0 Å². The molecule has 0 aromatic heterocycles. The summed E-state index contributed by atoms with van der Waals surface area (Å²) in [4.78, 5) is 56.4. The number of anilines is 2. The van der Waals surface area contributed by atoms with Gasteiger partial charge in [0.1, 0.15) is 29.9 Å². The number of amides is 3. The van der Waals surface area contributed by atoms with Gasteiger partial charge in [-0.2, -0.15) is 0 Å². The second-order valence-corrected chi connectivity index (χ2v) is 10.2. The number of rotatable bonds is 10. The molecule has 0 spiro atoms. The number of ketones is 1. The van der Waals surface area contributed by atoms with Crippen LogP contribution in [0.25, 0.3) is 0 Å². The van der Waals surface area contributed by atoms with Crippen LogP contribution in [0, 0.1) is 12.7 Å². The van der Waals surface area contributed by atoms with Crippen LogP contribution in [0.2, 0.25) is 0 Å². The van der Waals surface area contributed by atoms with E-state index in [1.54, 1.807) is 42.5 Å². The van der Waals surface area contributed by atoms with Crippen molar-refractivity contribution in [3.8, 4) is 11.5 Å². The number of methoxy groups -OCH3 is 2. The van der Waals surface area contributed by atoms with Gasteiger partial charge in [0.25, 0.3) is 17.6 Å². The second kappa shape index (κ2) is 12.8. The molecule has 0 saturated heterocycles. The lowest BCUT2D eigenvalue weighted by Crippen LogP contribution is -2.46. The summed E-state index contributed by atoms with van der Waals surface area (Å²) in [6.45, 7) is 1.31. The summed E-state index contributed by atoms with van der Waals surface area (Å²) in [6, 6.07) is 22.7. The fourth-order valence-corrected chi connectivity index (χ4v) is 5.18. The highest BCUT2D eigenvalue weighted by Gasteiger charge is 2.39. The number of fused-ring (bicyclic) bond motifs is 1. The average molecular weight is 596 g/mol. The molecule has 5 rings (SSSR count). The minimum absolute atomic E-state index is 0.0442. The molecule has 1 heterocycles. The van der Waals surface area contributed by atoms with Gasteiger partial charge in [0.2, 0.25) is 5.91 Å². The summed E-state index contributed by atoms with van der Waals surface area (Å²) in [5, 5.41) is 2.82. The number of halogens is 1. The van der Waals surface area contributed by atoms with E-state index in [1.807, 2.05) is 31.2 Å². The Morgan fingerprint density at radius 2 is 1.66 bits per heavy atom. The lowest BCUT2D eigenvalue weighted by atomic mass is 10.0. The largest absolute Gasteiger partial charge is 0.497 e. The third kappa shape index (κ3) is 6.00. The van der Waals surface area contributed by atoms with E-state index in [2.05, 4.69) is 5.32 Å². The van der Waals surface area contributed by atoms with E-state index >= 15 is 0 Å². The fourth-order valence-electron chi connectivity index (χ4n) is 5.18. The molecule has 4 aromatic carbocycles. The maximum Gasteiger partial charge on any atom is 0.299 e. The predicted octanol–water partition coefficient (Wildman–Crippen LogP) is 5.09. The minimum atomic E-state index is -1.34. The number of aryl methyl sites for hydroxylation is 1. The first-order valence-electron chi connectivity index (χ1n) is 13.8. The average Bonchev–Trinajstić information content (AvgIpc) is 3.26. The highest BCUT2D eigenvalue weighted by molar-refractivity contribution is 6.52. The molecule has 0 fully saturated rings. The molecule has 0 aliphatic carbocycles. The maximum atomic E-state index is 14.6. The molecule has 0 radical (unpaired) electrons. The van der Waals surface area contributed by atoms with Crippen molar-refractivity contribution in [2.75, 3.05) is 31.0 Å². The Bertz CT molecular complexity index is 1760. The first-order valence-corrected chi connectivity index (χ1v) is 13.8. The minimum Gasteiger partial charge on any atom is -0.497 e. The Kier molecular flexibility index (Phi) is 8.71. The number of benzene rings is 4. The summed E-state index contributed by atoms with van der Waals surface area (Å²) in [5.41, 5.74) is 2.61. The monoisotopic (exact) mass is 595 g/mol. The fraction of sp³-hybridized carbons (Fsp3) is 0.176. The van der Waals surface area contributed by atoms with Gasteiger partial charge in [-0.25, -0.2) is 4.39 Å². The number of para-hydroxylation sites is 1. The highest BCUT2D eigenvalue weighted by Crippen LogP contribution is 2.33. The predicted molar refractivity (Wildman–Crippen MR) is 162 cm³/mol. The molecule has 1 aliphatic rings. The number of ether oxygens (including phenoxy) is 2. The molecule has 1 unspecified atom stereocenters. The molecule has 1 atom stereocenters. The maximum absolute atomic E-state index is 14.6. The molecule has 3 amide bonds. The van der Waals surface area contributed by atoms with Crippen LogP contribution >= 0.6 is 0 Å². The van der Waals surface area contributed by atoms with Crippen molar-refractivity contribution in [1.29, 1.82) is 0 Å². The second-order valence-electron chi connectivity index (χ2n) is 10.2. The van der Waals surface area contributed by atoms with Crippen LogP contribution in [0.5, 0.6) is 11.5 Å². The van der Waals surface area contributed by atoms with Gasteiger partial charge in [-0.05, 0) is 60.0 Å². The Morgan fingerprint density at radius 3 is 2.39 bits per heavy atom. The van der Waals surface area contributed by atoms with Crippen molar-refractivity contribution >= 4 is 34.9 Å². The van der Waals surface area contributed by atoms with Gasteiger partial charge in [0.15, 0.2) is 0 Å². The molecule has 9 nitrogen and oxygen atoms in total. The Morgan fingerprint density at radius 1 is 0.909 bits per heavy atom. The molecule has 0 saturated carbocycles. The van der Waals surface area contributed by atoms with Gasteiger partial charge in [-0.1, -0.05) is 48.5 Å². The summed E-state index contributed by atoms with van der Waals surface area (Å²) in [5.74, 6) is -2.62. The van der Waals surface area contributed by atoms with Gasteiger partial charge in [0, 0.05) is 12.6 Å². The normalized spacial score (nSPS) is 12.9. The summed E-state index contributed by atoms with van der Waals surface area (Å²) in [6.07, 6.45) is 0. The number of carbonyl (C=O) groups is 4. The van der Waals surface area contributed by atoms with Crippen molar-refractivity contribution in [3.63, 3.8) is 0 Å². The first kappa shape index (κ1) is 30.0. The van der Waals surface area contributed by atoms with E-state index in [-0.39, 0.29) is 17.7 Å². The molecule has 1 N–H and O–H groups in total. The summed E-state index contributed by atoms with van der Waals surface area (Å²) >= 11 is 0. The third-order valence-corrected chi connectivity index (χ3v) is 7.49. The third-order valence-electron chi connectivity index (χ3n) is 7.49. The van der Waals surface area contributed by atoms with E-state index in [0.717, 1.165) is 16.0 Å². The van der Waals surface area contributed by atoms with Crippen LogP contribution in [-0.2, 0) is 20.9 Å². The van der Waals surface area contributed by atoms with E-state index in [0.29, 0.717) is 22.9 Å². The zero-order valence-electron chi connectivity index (χ0n) is 24.4.